The van der Waals surface area contributed by atoms with Gasteiger partial charge in [0.2, 0.25) is 5.89 Å². The van der Waals surface area contributed by atoms with E-state index in [-0.39, 0.29) is 6.04 Å². The smallest absolute Gasteiger partial charge is 0.212 e. The van der Waals surface area contributed by atoms with Crippen LogP contribution in [0.25, 0.3) is 0 Å². The van der Waals surface area contributed by atoms with Crippen molar-refractivity contribution in [2.75, 3.05) is 19.6 Å². The average Bonchev–Trinajstić information content (AvgIpc) is 2.74. The number of piperidine rings is 1. The Morgan fingerprint density at radius 2 is 2.21 bits per heavy atom. The second kappa shape index (κ2) is 4.57. The zero-order chi connectivity index (χ0) is 9.80. The van der Waals surface area contributed by atoms with Crippen LogP contribution in [0.5, 0.6) is 0 Å². The molecule has 0 radical (unpaired) electrons. The van der Waals surface area contributed by atoms with Gasteiger partial charge in [-0.15, -0.1) is 0 Å². The van der Waals surface area contributed by atoms with Crippen LogP contribution in [0.4, 0.5) is 0 Å². The Morgan fingerprint density at radius 1 is 1.43 bits per heavy atom. The fraction of sp³-hybridized carbons (Fsp3) is 0.700. The van der Waals surface area contributed by atoms with E-state index in [9.17, 15) is 0 Å². The van der Waals surface area contributed by atoms with Crippen molar-refractivity contribution in [1.29, 1.82) is 0 Å². The summed E-state index contributed by atoms with van der Waals surface area (Å²) < 4.78 is 5.31. The number of aromatic nitrogens is 1. The summed E-state index contributed by atoms with van der Waals surface area (Å²) in [5.41, 5.74) is 5.75. The largest absolute Gasteiger partial charge is 0.447 e. The van der Waals surface area contributed by atoms with E-state index < -0.39 is 0 Å². The Hall–Kier alpha value is -0.870. The van der Waals surface area contributed by atoms with Gasteiger partial charge >= 0.3 is 0 Å². The van der Waals surface area contributed by atoms with Crippen LogP contribution in [0.1, 0.15) is 31.2 Å². The summed E-state index contributed by atoms with van der Waals surface area (Å²) in [7, 11) is 0. The zero-order valence-corrected chi connectivity index (χ0v) is 8.35. The molecule has 2 rings (SSSR count). The molecule has 14 heavy (non-hydrogen) atoms. The molecule has 78 valence electrons. The first kappa shape index (κ1) is 9.68. The van der Waals surface area contributed by atoms with Gasteiger partial charge in [-0.05, 0) is 25.9 Å². The van der Waals surface area contributed by atoms with Gasteiger partial charge in [0.1, 0.15) is 6.26 Å². The first-order valence-electron chi connectivity index (χ1n) is 5.25. The van der Waals surface area contributed by atoms with E-state index in [1.165, 1.54) is 19.3 Å². The summed E-state index contributed by atoms with van der Waals surface area (Å²) >= 11 is 0. The molecule has 1 saturated heterocycles. The SMILES string of the molecule is NCC(c1ncco1)N1CCCCC1. The summed E-state index contributed by atoms with van der Waals surface area (Å²) in [6.07, 6.45) is 7.15. The number of rotatable bonds is 3. The van der Waals surface area contributed by atoms with Gasteiger partial charge in [-0.2, -0.15) is 0 Å². The lowest BCUT2D eigenvalue weighted by molar-refractivity contribution is 0.145. The van der Waals surface area contributed by atoms with Crippen LogP contribution in [-0.4, -0.2) is 29.5 Å². The lowest BCUT2D eigenvalue weighted by Gasteiger charge is -2.31. The molecule has 1 fully saturated rings. The molecule has 1 unspecified atom stereocenters. The number of hydrogen-bond donors (Lipinski definition) is 1. The van der Waals surface area contributed by atoms with Gasteiger partial charge in [-0.3, -0.25) is 4.90 Å². The van der Waals surface area contributed by atoms with Gasteiger partial charge < -0.3 is 10.2 Å². The van der Waals surface area contributed by atoms with Crippen LogP contribution in [0.2, 0.25) is 0 Å². The minimum atomic E-state index is 0.172. The molecule has 1 aliphatic heterocycles. The van der Waals surface area contributed by atoms with Crippen molar-refractivity contribution in [2.45, 2.75) is 25.3 Å². The van der Waals surface area contributed by atoms with Gasteiger partial charge in [0.05, 0.1) is 12.2 Å². The normalized spacial score (nSPS) is 20.9. The number of nitrogens with two attached hydrogens (primary N) is 1. The summed E-state index contributed by atoms with van der Waals surface area (Å²) in [6, 6.07) is 0.172. The van der Waals surface area contributed by atoms with Gasteiger partial charge in [0.25, 0.3) is 0 Å². The van der Waals surface area contributed by atoms with E-state index in [4.69, 9.17) is 10.2 Å². The second-order valence-electron chi connectivity index (χ2n) is 3.72. The second-order valence-corrected chi connectivity index (χ2v) is 3.72. The predicted octanol–water partition coefficient (Wildman–Crippen LogP) is 1.16. The Bertz CT molecular complexity index is 254. The van der Waals surface area contributed by atoms with Crippen molar-refractivity contribution < 1.29 is 4.42 Å². The minimum Gasteiger partial charge on any atom is -0.447 e. The molecule has 2 heterocycles. The molecule has 0 bridgehead atoms. The average molecular weight is 195 g/mol. The predicted molar refractivity (Wildman–Crippen MR) is 53.7 cm³/mol. The number of likely N-dealkylation sites (tertiary alicyclic amines) is 1. The summed E-state index contributed by atoms with van der Waals surface area (Å²) in [5, 5.41) is 0. The van der Waals surface area contributed by atoms with E-state index in [0.717, 1.165) is 19.0 Å². The Morgan fingerprint density at radius 3 is 2.79 bits per heavy atom. The van der Waals surface area contributed by atoms with Crippen LogP contribution in [-0.2, 0) is 0 Å². The van der Waals surface area contributed by atoms with Crippen LogP contribution < -0.4 is 5.73 Å². The lowest BCUT2D eigenvalue weighted by Crippen LogP contribution is -2.37. The molecule has 0 saturated carbocycles. The molecule has 4 heteroatoms. The molecule has 0 aromatic carbocycles. The molecule has 0 aliphatic carbocycles. The van der Waals surface area contributed by atoms with Crippen molar-refractivity contribution in [3.05, 3.63) is 18.4 Å². The maximum Gasteiger partial charge on any atom is 0.212 e. The number of oxazole rings is 1. The van der Waals surface area contributed by atoms with Crippen LogP contribution in [0.15, 0.2) is 16.9 Å². The highest BCUT2D eigenvalue weighted by atomic mass is 16.3. The lowest BCUT2D eigenvalue weighted by atomic mass is 10.1. The van der Waals surface area contributed by atoms with Crippen LogP contribution in [0.3, 0.4) is 0 Å². The first-order valence-corrected chi connectivity index (χ1v) is 5.25. The number of nitrogens with zero attached hydrogens (tertiary/aromatic N) is 2. The summed E-state index contributed by atoms with van der Waals surface area (Å²) in [6.45, 7) is 2.81. The van der Waals surface area contributed by atoms with Crippen LogP contribution >= 0.6 is 0 Å². The van der Waals surface area contributed by atoms with E-state index in [1.807, 2.05) is 0 Å². The van der Waals surface area contributed by atoms with Crippen molar-refractivity contribution in [2.24, 2.45) is 5.73 Å². The van der Waals surface area contributed by atoms with Gasteiger partial charge in [0.15, 0.2) is 0 Å². The van der Waals surface area contributed by atoms with Crippen molar-refractivity contribution >= 4 is 0 Å². The molecule has 1 aromatic heterocycles. The Kier molecular flexibility index (Phi) is 3.16. The molecular weight excluding hydrogens is 178 g/mol. The quantitative estimate of drug-likeness (QED) is 0.786. The summed E-state index contributed by atoms with van der Waals surface area (Å²) in [4.78, 5) is 6.54. The monoisotopic (exact) mass is 195 g/mol. The van der Waals surface area contributed by atoms with Crippen LogP contribution in [0, 0.1) is 0 Å². The van der Waals surface area contributed by atoms with E-state index >= 15 is 0 Å². The molecule has 1 aromatic rings. The fourth-order valence-electron chi connectivity index (χ4n) is 2.04. The third-order valence-electron chi connectivity index (χ3n) is 2.79. The van der Waals surface area contributed by atoms with Crippen molar-refractivity contribution in [3.63, 3.8) is 0 Å². The highest BCUT2D eigenvalue weighted by Crippen LogP contribution is 2.22. The maximum atomic E-state index is 5.75. The third-order valence-corrected chi connectivity index (χ3v) is 2.79. The molecular formula is C10H17N3O. The first-order chi connectivity index (χ1) is 6.92. The van der Waals surface area contributed by atoms with Gasteiger partial charge in [-0.25, -0.2) is 4.98 Å². The maximum absolute atomic E-state index is 5.75. The Labute approximate surface area is 84.1 Å². The standard InChI is InChI=1S/C10H17N3O/c11-8-9(10-12-4-7-14-10)13-5-2-1-3-6-13/h4,7,9H,1-3,5-6,8,11H2. The van der Waals surface area contributed by atoms with E-state index in [2.05, 4.69) is 9.88 Å². The topological polar surface area (TPSA) is 55.3 Å². The van der Waals surface area contributed by atoms with Crippen molar-refractivity contribution in [3.8, 4) is 0 Å². The fourth-order valence-corrected chi connectivity index (χ4v) is 2.04. The molecule has 0 spiro atoms. The minimum absolute atomic E-state index is 0.172. The van der Waals surface area contributed by atoms with Crippen molar-refractivity contribution in [1.82, 2.24) is 9.88 Å². The van der Waals surface area contributed by atoms with E-state index in [1.54, 1.807) is 12.5 Å². The van der Waals surface area contributed by atoms with E-state index in [0.29, 0.717) is 6.54 Å². The summed E-state index contributed by atoms with van der Waals surface area (Å²) in [5.74, 6) is 0.759. The molecule has 1 aliphatic rings. The number of hydrogen-bond acceptors (Lipinski definition) is 4. The molecule has 1 atom stereocenters. The third kappa shape index (κ3) is 1.96. The Balaban J connectivity index is 2.04. The molecule has 4 nitrogen and oxygen atoms in total. The highest BCUT2D eigenvalue weighted by molar-refractivity contribution is 4.92. The highest BCUT2D eigenvalue weighted by Gasteiger charge is 2.23. The molecule has 0 amide bonds. The molecule has 2 N–H and O–H groups in total. The van der Waals surface area contributed by atoms with Gasteiger partial charge in [0, 0.05) is 6.54 Å². The zero-order valence-electron chi connectivity index (χ0n) is 8.35. The van der Waals surface area contributed by atoms with Gasteiger partial charge in [-0.1, -0.05) is 6.42 Å².